The van der Waals surface area contributed by atoms with Crippen LogP contribution in [0.3, 0.4) is 0 Å². The van der Waals surface area contributed by atoms with E-state index in [0.29, 0.717) is 0 Å². The van der Waals surface area contributed by atoms with Crippen molar-refractivity contribution in [3.63, 3.8) is 0 Å². The first-order chi connectivity index (χ1) is 4.16. The van der Waals surface area contributed by atoms with Gasteiger partial charge in [-0.05, 0) is 0 Å². The van der Waals surface area contributed by atoms with E-state index in [1.54, 1.807) is 0 Å². The maximum atomic E-state index is 9.74. The summed E-state index contributed by atoms with van der Waals surface area (Å²) in [5, 5.41) is 16.6. The van der Waals surface area contributed by atoms with Crippen molar-refractivity contribution in [3.05, 3.63) is 0 Å². The second-order valence-electron chi connectivity index (χ2n) is 1.40. The molecule has 1 atom stereocenters. The molecule has 0 fully saturated rings. The standard InChI is InChI=1S/C3H7O3.2O.Ti/c4-1-3(6)2-5;;;/h3-4,6H,1-2H2;;;/q-1;;;+1. The molecule has 0 aliphatic carbocycles. The maximum absolute atomic E-state index is 9.74. The Morgan fingerprint density at radius 1 is 1.56 bits per heavy atom. The summed E-state index contributed by atoms with van der Waals surface area (Å²) in [5.74, 6) is 0. The average Bonchev–Trinajstić information content (AvgIpc) is 1.83. The van der Waals surface area contributed by atoms with Crippen LogP contribution in [-0.2, 0) is 28.2 Å². The molecule has 0 saturated heterocycles. The van der Waals surface area contributed by atoms with Gasteiger partial charge in [-0.25, -0.2) is 0 Å². The van der Waals surface area contributed by atoms with Crippen molar-refractivity contribution in [1.29, 1.82) is 0 Å². The van der Waals surface area contributed by atoms with E-state index in [-0.39, 0.29) is 6.61 Å². The molecular formula is C3H7O5Ti. The Morgan fingerprint density at radius 2 is 2.11 bits per heavy atom. The predicted octanol–water partition coefficient (Wildman–Crippen LogP) is -1.42. The fraction of sp³-hybridized carbons (Fsp3) is 1.00. The van der Waals surface area contributed by atoms with Gasteiger partial charge in [0, 0.05) is 0 Å². The van der Waals surface area contributed by atoms with Crippen molar-refractivity contribution >= 4 is 0 Å². The van der Waals surface area contributed by atoms with Gasteiger partial charge in [-0.15, -0.1) is 0 Å². The molecule has 0 radical (unpaired) electrons. The molecule has 6 heteroatoms. The minimum atomic E-state index is -3.74. The summed E-state index contributed by atoms with van der Waals surface area (Å²) in [6, 6.07) is 0. The van der Waals surface area contributed by atoms with Crippen LogP contribution in [0.4, 0.5) is 0 Å². The topological polar surface area (TPSA) is 83.8 Å². The van der Waals surface area contributed by atoms with Gasteiger partial charge in [0.05, 0.1) is 0 Å². The molecule has 53 valence electrons. The molecule has 1 unspecified atom stereocenters. The Balaban J connectivity index is 3.27. The van der Waals surface area contributed by atoms with Gasteiger partial charge in [0.15, 0.2) is 0 Å². The average molecular weight is 171 g/mol. The number of rotatable bonds is 4. The summed E-state index contributed by atoms with van der Waals surface area (Å²) < 4.78 is 23.5. The third-order valence-corrected chi connectivity index (χ3v) is 1.23. The van der Waals surface area contributed by atoms with Crippen molar-refractivity contribution in [2.75, 3.05) is 13.2 Å². The van der Waals surface area contributed by atoms with Crippen LogP contribution in [0.25, 0.3) is 0 Å². The fourth-order valence-corrected chi connectivity index (χ4v) is 0.730. The quantitative estimate of drug-likeness (QED) is 0.507. The molecule has 0 aliphatic heterocycles. The van der Waals surface area contributed by atoms with Crippen LogP contribution in [0.5, 0.6) is 0 Å². The Kier molecular flexibility index (Phi) is 5.13. The zero-order valence-corrected chi connectivity index (χ0v) is 6.17. The third kappa shape index (κ3) is 6.07. The van der Waals surface area contributed by atoms with E-state index < -0.39 is 30.9 Å². The van der Waals surface area contributed by atoms with E-state index in [2.05, 4.69) is 3.32 Å². The van der Waals surface area contributed by atoms with Gasteiger partial charge in [-0.3, -0.25) is 0 Å². The molecular weight excluding hydrogens is 164 g/mol. The van der Waals surface area contributed by atoms with Crippen molar-refractivity contribution < 1.29 is 38.4 Å². The van der Waals surface area contributed by atoms with Gasteiger partial charge in [-0.1, -0.05) is 0 Å². The predicted molar refractivity (Wildman–Crippen MR) is 20.4 cm³/mol. The Bertz CT molecular complexity index is 122. The Morgan fingerprint density at radius 3 is 2.44 bits per heavy atom. The summed E-state index contributed by atoms with van der Waals surface area (Å²) in [4.78, 5) is 0. The molecule has 0 heterocycles. The van der Waals surface area contributed by atoms with Gasteiger partial charge in [-0.2, -0.15) is 0 Å². The summed E-state index contributed by atoms with van der Waals surface area (Å²) in [7, 11) is 0. The van der Waals surface area contributed by atoms with Crippen molar-refractivity contribution in [2.45, 2.75) is 6.10 Å². The molecule has 0 aliphatic rings. The van der Waals surface area contributed by atoms with Crippen LogP contribution < -0.4 is 0 Å². The molecule has 0 amide bonds. The number of aliphatic hydroxyl groups excluding tert-OH is 2. The van der Waals surface area contributed by atoms with Gasteiger partial charge < -0.3 is 0 Å². The summed E-state index contributed by atoms with van der Waals surface area (Å²) in [6.07, 6.45) is -1.09. The fourth-order valence-electron chi connectivity index (χ4n) is 0.217. The van der Waals surface area contributed by atoms with Crippen LogP contribution in [-0.4, -0.2) is 29.5 Å². The molecule has 0 rings (SSSR count). The van der Waals surface area contributed by atoms with Gasteiger partial charge in [0.2, 0.25) is 0 Å². The zero-order valence-electron chi connectivity index (χ0n) is 4.61. The molecule has 0 bridgehead atoms. The Labute approximate surface area is 58.2 Å². The summed E-state index contributed by atoms with van der Waals surface area (Å²) in [6.45, 7) is -0.815. The molecule has 0 aromatic carbocycles. The first kappa shape index (κ1) is 9.19. The van der Waals surface area contributed by atoms with Crippen LogP contribution >= 0.6 is 0 Å². The second kappa shape index (κ2) is 5.02. The van der Waals surface area contributed by atoms with Crippen molar-refractivity contribution in [1.82, 2.24) is 0 Å². The zero-order chi connectivity index (χ0) is 7.28. The van der Waals surface area contributed by atoms with Crippen LogP contribution in [0.1, 0.15) is 0 Å². The number of aliphatic hydroxyl groups is 2. The molecule has 2 N–H and O–H groups in total. The van der Waals surface area contributed by atoms with E-state index in [1.165, 1.54) is 0 Å². The summed E-state index contributed by atoms with van der Waals surface area (Å²) >= 11 is -3.74. The molecule has 0 saturated carbocycles. The molecule has 5 nitrogen and oxygen atoms in total. The number of hydrogen-bond acceptors (Lipinski definition) is 5. The molecule has 9 heavy (non-hydrogen) atoms. The van der Waals surface area contributed by atoms with Crippen LogP contribution in [0.15, 0.2) is 0 Å². The first-order valence-corrected chi connectivity index (χ1v) is 4.20. The van der Waals surface area contributed by atoms with Gasteiger partial charge in [0.1, 0.15) is 0 Å². The first-order valence-electron chi connectivity index (χ1n) is 2.29. The van der Waals surface area contributed by atoms with Crippen LogP contribution in [0, 0.1) is 0 Å². The van der Waals surface area contributed by atoms with E-state index in [4.69, 9.17) is 10.2 Å². The molecule has 0 aromatic rings. The van der Waals surface area contributed by atoms with Gasteiger partial charge >= 0.3 is 57.7 Å². The van der Waals surface area contributed by atoms with Gasteiger partial charge in [0.25, 0.3) is 0 Å². The monoisotopic (exact) mass is 171 g/mol. The second-order valence-corrected chi connectivity index (χ2v) is 2.63. The van der Waals surface area contributed by atoms with E-state index in [1.807, 2.05) is 0 Å². The molecule has 0 aromatic heterocycles. The van der Waals surface area contributed by atoms with Crippen molar-refractivity contribution in [3.8, 4) is 0 Å². The normalized spacial score (nSPS) is 13.1. The van der Waals surface area contributed by atoms with E-state index >= 15 is 0 Å². The minimum absolute atomic E-state index is 0.334. The Hall–Kier alpha value is 0.194. The van der Waals surface area contributed by atoms with Crippen LogP contribution in [0.2, 0.25) is 0 Å². The van der Waals surface area contributed by atoms with E-state index in [0.717, 1.165) is 0 Å². The van der Waals surface area contributed by atoms with Crippen molar-refractivity contribution in [2.24, 2.45) is 0 Å². The van der Waals surface area contributed by atoms with E-state index in [9.17, 15) is 6.65 Å². The molecule has 0 spiro atoms. The SMILES string of the molecule is [O]=[Ti](=[O])[O]CC(O)CO. The third-order valence-electron chi connectivity index (χ3n) is 0.604. The number of hydrogen-bond donors (Lipinski definition) is 2. The summed E-state index contributed by atoms with van der Waals surface area (Å²) in [5.41, 5.74) is 0.